The van der Waals surface area contributed by atoms with E-state index in [2.05, 4.69) is 5.32 Å². The monoisotopic (exact) mass is 374 g/mol. The molecule has 0 radical (unpaired) electrons. The molecule has 10 heteroatoms. The topological polar surface area (TPSA) is 89.3 Å². The number of benzene rings is 2. The van der Waals surface area contributed by atoms with Crippen molar-refractivity contribution in [1.29, 1.82) is 0 Å². The van der Waals surface area contributed by atoms with Gasteiger partial charge in [0.05, 0.1) is 9.82 Å². The van der Waals surface area contributed by atoms with Gasteiger partial charge in [-0.05, 0) is 43.2 Å². The van der Waals surface area contributed by atoms with Crippen molar-refractivity contribution in [2.75, 3.05) is 5.32 Å². The van der Waals surface area contributed by atoms with Crippen molar-refractivity contribution in [3.63, 3.8) is 0 Å². The van der Waals surface area contributed by atoms with E-state index in [4.69, 9.17) is 0 Å². The van der Waals surface area contributed by atoms with Crippen molar-refractivity contribution in [2.45, 2.75) is 24.3 Å². The van der Waals surface area contributed by atoms with Gasteiger partial charge in [0, 0.05) is 11.8 Å². The van der Waals surface area contributed by atoms with Crippen molar-refractivity contribution in [2.24, 2.45) is 0 Å². The van der Waals surface area contributed by atoms with Gasteiger partial charge in [0.1, 0.15) is 5.69 Å². The third-order valence-corrected chi connectivity index (χ3v) is 4.93. The molecule has 0 spiro atoms. The Kier molecular flexibility index (Phi) is 4.76. The molecular weight excluding hydrogens is 361 g/mol. The lowest BCUT2D eigenvalue weighted by atomic mass is 10.1. The number of sulfone groups is 1. The first-order valence-electron chi connectivity index (χ1n) is 6.87. The average Bonchev–Trinajstić information content (AvgIpc) is 2.49. The first kappa shape index (κ1) is 18.7. The zero-order valence-corrected chi connectivity index (χ0v) is 13.9. The van der Waals surface area contributed by atoms with E-state index in [1.807, 2.05) is 6.07 Å². The average molecular weight is 374 g/mol. The summed E-state index contributed by atoms with van der Waals surface area (Å²) in [5.41, 5.74) is -4.28. The quantitative estimate of drug-likeness (QED) is 0.638. The summed E-state index contributed by atoms with van der Waals surface area (Å²) < 4.78 is 60.7. The van der Waals surface area contributed by atoms with E-state index in [0.29, 0.717) is 17.8 Å². The van der Waals surface area contributed by atoms with Crippen LogP contribution in [0.5, 0.6) is 0 Å². The van der Waals surface area contributed by atoms with Gasteiger partial charge in [0.15, 0.2) is 0 Å². The molecule has 2 aromatic carbocycles. The third kappa shape index (κ3) is 3.73. The van der Waals surface area contributed by atoms with Gasteiger partial charge in [-0.2, -0.15) is 13.2 Å². The molecule has 2 aromatic rings. The number of aryl methyl sites for hydroxylation is 2. The van der Waals surface area contributed by atoms with E-state index in [1.165, 1.54) is 0 Å². The molecule has 134 valence electrons. The normalized spacial score (nSPS) is 12.0. The number of nitrogens with zero attached hydrogens (tertiary/aromatic N) is 1. The van der Waals surface area contributed by atoms with Gasteiger partial charge in [-0.3, -0.25) is 10.1 Å². The van der Waals surface area contributed by atoms with E-state index in [-0.39, 0.29) is 5.69 Å². The molecule has 6 nitrogen and oxygen atoms in total. The maximum atomic E-state index is 12.6. The Balaban J connectivity index is 2.55. The molecule has 0 saturated heterocycles. The van der Waals surface area contributed by atoms with Gasteiger partial charge in [0.25, 0.3) is 15.5 Å². The highest BCUT2D eigenvalue weighted by Gasteiger charge is 2.47. The molecule has 0 amide bonds. The molecule has 0 fully saturated rings. The molecule has 0 aromatic heterocycles. The minimum Gasteiger partial charge on any atom is -0.350 e. The molecule has 0 bridgehead atoms. The Morgan fingerprint density at radius 1 is 1.04 bits per heavy atom. The van der Waals surface area contributed by atoms with Crippen LogP contribution in [0.25, 0.3) is 0 Å². The van der Waals surface area contributed by atoms with Crippen molar-refractivity contribution < 1.29 is 26.5 Å². The number of hydrogen-bond donors (Lipinski definition) is 1. The Morgan fingerprint density at radius 2 is 1.68 bits per heavy atom. The van der Waals surface area contributed by atoms with Gasteiger partial charge in [-0.25, -0.2) is 8.42 Å². The summed E-state index contributed by atoms with van der Waals surface area (Å²) in [5.74, 6) is 0. The van der Waals surface area contributed by atoms with Crippen LogP contribution in [0.2, 0.25) is 0 Å². The van der Waals surface area contributed by atoms with Crippen molar-refractivity contribution in [3.8, 4) is 0 Å². The van der Waals surface area contributed by atoms with Crippen LogP contribution in [0.4, 0.5) is 30.2 Å². The molecule has 0 atom stereocenters. The number of nitrogens with one attached hydrogen (secondary N) is 1. The fraction of sp³-hybridized carbons (Fsp3) is 0.200. The molecule has 0 aliphatic carbocycles. The first-order valence-corrected chi connectivity index (χ1v) is 8.36. The summed E-state index contributed by atoms with van der Waals surface area (Å²) in [6, 6.07) is 7.33. The number of anilines is 2. The van der Waals surface area contributed by atoms with Gasteiger partial charge < -0.3 is 5.32 Å². The highest BCUT2D eigenvalue weighted by molar-refractivity contribution is 7.92. The molecule has 0 heterocycles. The summed E-state index contributed by atoms with van der Waals surface area (Å²) in [7, 11) is -5.67. The van der Waals surface area contributed by atoms with Crippen LogP contribution in [0, 0.1) is 24.0 Å². The van der Waals surface area contributed by atoms with Crippen molar-refractivity contribution >= 4 is 26.9 Å². The number of nitro groups is 1. The van der Waals surface area contributed by atoms with E-state index in [9.17, 15) is 31.7 Å². The number of alkyl halides is 3. The second-order valence-corrected chi connectivity index (χ2v) is 7.27. The van der Waals surface area contributed by atoms with Crippen LogP contribution in [-0.2, 0) is 9.84 Å². The number of hydrogen-bond acceptors (Lipinski definition) is 5. The molecule has 0 saturated carbocycles. The third-order valence-electron chi connectivity index (χ3n) is 3.44. The maximum absolute atomic E-state index is 12.6. The zero-order valence-electron chi connectivity index (χ0n) is 13.1. The number of halogens is 3. The molecular formula is C15H13F3N2O4S. The van der Waals surface area contributed by atoms with E-state index in [1.54, 1.807) is 26.0 Å². The standard InChI is InChI=1S/C15H13F3N2O4S/c1-9-3-4-10(2)13(7-9)19-12-6-5-11(8-14(12)20(21)22)25(23,24)15(16,17)18/h3-8,19H,1-2H3. The fourth-order valence-corrected chi connectivity index (χ4v) is 2.87. The van der Waals surface area contributed by atoms with Gasteiger partial charge in [-0.15, -0.1) is 0 Å². The first-order chi connectivity index (χ1) is 11.4. The van der Waals surface area contributed by atoms with Crippen LogP contribution in [0.15, 0.2) is 41.3 Å². The number of nitro benzene ring substituents is 1. The Hall–Kier alpha value is -2.62. The summed E-state index contributed by atoms with van der Waals surface area (Å²) in [6.07, 6.45) is 0. The summed E-state index contributed by atoms with van der Waals surface area (Å²) in [4.78, 5) is 9.06. The van der Waals surface area contributed by atoms with Crippen LogP contribution in [0.1, 0.15) is 11.1 Å². The summed E-state index contributed by atoms with van der Waals surface area (Å²) in [6.45, 7) is 3.55. The van der Waals surface area contributed by atoms with Gasteiger partial charge >= 0.3 is 5.51 Å². The highest BCUT2D eigenvalue weighted by Crippen LogP contribution is 2.36. The Morgan fingerprint density at radius 3 is 2.24 bits per heavy atom. The molecule has 0 aliphatic heterocycles. The number of rotatable bonds is 4. The lowest BCUT2D eigenvalue weighted by molar-refractivity contribution is -0.384. The van der Waals surface area contributed by atoms with Crippen LogP contribution in [-0.4, -0.2) is 18.8 Å². The highest BCUT2D eigenvalue weighted by atomic mass is 32.2. The van der Waals surface area contributed by atoms with Crippen LogP contribution in [0.3, 0.4) is 0 Å². The smallest absolute Gasteiger partial charge is 0.350 e. The van der Waals surface area contributed by atoms with Crippen molar-refractivity contribution in [1.82, 2.24) is 0 Å². The van der Waals surface area contributed by atoms with E-state index in [0.717, 1.165) is 17.2 Å². The second-order valence-electron chi connectivity index (χ2n) is 5.33. The second kappa shape index (κ2) is 6.36. The van der Waals surface area contributed by atoms with Crippen LogP contribution >= 0.6 is 0 Å². The molecule has 2 rings (SSSR count). The van der Waals surface area contributed by atoms with Gasteiger partial charge in [0.2, 0.25) is 0 Å². The van der Waals surface area contributed by atoms with Crippen LogP contribution < -0.4 is 5.32 Å². The Bertz CT molecular complexity index is 940. The fourth-order valence-electron chi connectivity index (χ4n) is 2.08. The predicted molar refractivity (Wildman–Crippen MR) is 85.5 cm³/mol. The largest absolute Gasteiger partial charge is 0.501 e. The van der Waals surface area contributed by atoms with E-state index < -0.39 is 30.9 Å². The summed E-state index contributed by atoms with van der Waals surface area (Å²) >= 11 is 0. The molecule has 0 aliphatic rings. The molecule has 25 heavy (non-hydrogen) atoms. The summed E-state index contributed by atoms with van der Waals surface area (Å²) in [5, 5.41) is 13.9. The van der Waals surface area contributed by atoms with Crippen molar-refractivity contribution in [3.05, 3.63) is 57.6 Å². The minimum absolute atomic E-state index is 0.111. The zero-order chi connectivity index (χ0) is 19.0. The molecule has 1 N–H and O–H groups in total. The lowest BCUT2D eigenvalue weighted by Crippen LogP contribution is -2.23. The predicted octanol–water partition coefficient (Wildman–Crippen LogP) is 4.25. The maximum Gasteiger partial charge on any atom is 0.501 e. The van der Waals surface area contributed by atoms with E-state index >= 15 is 0 Å². The minimum atomic E-state index is -5.67. The molecule has 0 unspecified atom stereocenters. The van der Waals surface area contributed by atoms with Gasteiger partial charge in [-0.1, -0.05) is 12.1 Å². The Labute approximate surface area is 141 Å². The lowest BCUT2D eigenvalue weighted by Gasteiger charge is -2.12. The SMILES string of the molecule is Cc1ccc(C)c(Nc2ccc(S(=O)(=O)C(F)(F)F)cc2[N+](=O)[O-])c1.